The van der Waals surface area contributed by atoms with Crippen molar-refractivity contribution in [3.63, 3.8) is 0 Å². The Morgan fingerprint density at radius 1 is 1.22 bits per heavy atom. The van der Waals surface area contributed by atoms with Crippen molar-refractivity contribution in [2.45, 2.75) is 57.5 Å². The van der Waals surface area contributed by atoms with E-state index in [2.05, 4.69) is 25.6 Å². The number of unbranched alkanes of at least 4 members (excludes halogenated alkanes) is 1. The average Bonchev–Trinajstić information content (AvgIpc) is 2.60. The molecule has 0 unspecified atom stereocenters. The highest BCUT2D eigenvalue weighted by Crippen LogP contribution is 2.24. The van der Waals surface area contributed by atoms with Crippen molar-refractivity contribution in [3.05, 3.63) is 60.9 Å². The van der Waals surface area contributed by atoms with Crippen LogP contribution in [0.25, 0.3) is 0 Å². The first-order chi connectivity index (χ1) is 11.3. The van der Waals surface area contributed by atoms with Gasteiger partial charge in [0.15, 0.2) is 0 Å². The van der Waals surface area contributed by atoms with Crippen LogP contribution in [0, 0.1) is 0 Å². The van der Waals surface area contributed by atoms with Gasteiger partial charge in [-0.1, -0.05) is 49.8 Å². The lowest BCUT2D eigenvalue weighted by atomic mass is 10.0. The van der Waals surface area contributed by atoms with Gasteiger partial charge in [-0.15, -0.1) is 6.58 Å². The maximum Gasteiger partial charge on any atom is 0.0873 e. The zero-order valence-electron chi connectivity index (χ0n) is 14.0. The van der Waals surface area contributed by atoms with Gasteiger partial charge in [0.05, 0.1) is 37.8 Å². The van der Waals surface area contributed by atoms with Gasteiger partial charge in [0.1, 0.15) is 0 Å². The van der Waals surface area contributed by atoms with Crippen LogP contribution in [0.1, 0.15) is 38.2 Å². The molecule has 126 valence electrons. The second-order valence-corrected chi connectivity index (χ2v) is 5.89. The summed E-state index contributed by atoms with van der Waals surface area (Å²) < 4.78 is 17.5. The highest BCUT2D eigenvalue weighted by Gasteiger charge is 2.27. The normalized spacial score (nSPS) is 24.7. The van der Waals surface area contributed by atoms with Gasteiger partial charge in [-0.05, 0) is 18.1 Å². The average molecular weight is 316 g/mol. The number of ether oxygens (including phenoxy) is 3. The Balaban J connectivity index is 1.81. The second-order valence-electron chi connectivity index (χ2n) is 5.89. The molecule has 0 saturated carbocycles. The molecule has 3 heteroatoms. The van der Waals surface area contributed by atoms with Crippen molar-refractivity contribution in [3.8, 4) is 0 Å². The Bertz CT molecular complexity index is 469. The van der Waals surface area contributed by atoms with Crippen molar-refractivity contribution in [2.24, 2.45) is 0 Å². The minimum Gasteiger partial charge on any atom is -0.501 e. The molecule has 3 atom stereocenters. The number of hydrogen-bond acceptors (Lipinski definition) is 3. The molecule has 1 saturated heterocycles. The topological polar surface area (TPSA) is 27.7 Å². The molecule has 0 spiro atoms. The molecule has 1 aliphatic heterocycles. The molecule has 3 nitrogen and oxygen atoms in total. The van der Waals surface area contributed by atoms with E-state index in [-0.39, 0.29) is 18.3 Å². The van der Waals surface area contributed by atoms with Crippen molar-refractivity contribution < 1.29 is 14.2 Å². The first kappa shape index (κ1) is 17.8. The van der Waals surface area contributed by atoms with E-state index >= 15 is 0 Å². The molecule has 0 aromatic heterocycles. The van der Waals surface area contributed by atoms with E-state index in [9.17, 15) is 0 Å². The molecular weight excluding hydrogens is 288 g/mol. The highest BCUT2D eigenvalue weighted by atomic mass is 16.5. The quantitative estimate of drug-likeness (QED) is 0.377. The fraction of sp³-hybridized carbons (Fsp3) is 0.500. The molecule has 0 amide bonds. The summed E-state index contributed by atoms with van der Waals surface area (Å²) in [6, 6.07) is 10.3. The van der Waals surface area contributed by atoms with E-state index in [4.69, 9.17) is 14.2 Å². The third-order valence-corrected chi connectivity index (χ3v) is 3.94. The van der Waals surface area contributed by atoms with Crippen molar-refractivity contribution in [1.82, 2.24) is 0 Å². The van der Waals surface area contributed by atoms with E-state index in [1.807, 2.05) is 30.4 Å². The Morgan fingerprint density at radius 2 is 2.00 bits per heavy atom. The van der Waals surface area contributed by atoms with Crippen molar-refractivity contribution >= 4 is 0 Å². The second kappa shape index (κ2) is 10.2. The highest BCUT2D eigenvalue weighted by molar-refractivity contribution is 5.13. The zero-order chi connectivity index (χ0) is 16.3. The van der Waals surface area contributed by atoms with Crippen LogP contribution in [0.5, 0.6) is 0 Å². The smallest absolute Gasteiger partial charge is 0.0873 e. The molecule has 1 aromatic rings. The van der Waals surface area contributed by atoms with Crippen LogP contribution >= 0.6 is 0 Å². The Morgan fingerprint density at radius 3 is 2.74 bits per heavy atom. The molecule has 1 aliphatic rings. The monoisotopic (exact) mass is 316 g/mol. The lowest BCUT2D eigenvalue weighted by molar-refractivity contribution is -0.0873. The lowest BCUT2D eigenvalue weighted by Crippen LogP contribution is -2.35. The van der Waals surface area contributed by atoms with Crippen LogP contribution < -0.4 is 0 Å². The maximum atomic E-state index is 6.07. The van der Waals surface area contributed by atoms with Gasteiger partial charge < -0.3 is 14.2 Å². The van der Waals surface area contributed by atoms with E-state index in [0.717, 1.165) is 32.3 Å². The van der Waals surface area contributed by atoms with Gasteiger partial charge in [-0.25, -0.2) is 0 Å². The summed E-state index contributed by atoms with van der Waals surface area (Å²) in [6.07, 6.45) is 9.78. The Kier molecular flexibility index (Phi) is 7.91. The molecule has 23 heavy (non-hydrogen) atoms. The van der Waals surface area contributed by atoms with Crippen LogP contribution in [-0.2, 0) is 20.8 Å². The summed E-state index contributed by atoms with van der Waals surface area (Å²) in [7, 11) is 0. The largest absolute Gasteiger partial charge is 0.501 e. The molecule has 1 fully saturated rings. The van der Waals surface area contributed by atoms with E-state index in [0.29, 0.717) is 6.61 Å². The summed E-state index contributed by atoms with van der Waals surface area (Å²) in [6.45, 7) is 7.41. The lowest BCUT2D eigenvalue weighted by Gasteiger charge is -2.32. The molecule has 1 heterocycles. The predicted octanol–water partition coefficient (Wildman–Crippen LogP) is 4.64. The van der Waals surface area contributed by atoms with E-state index in [1.165, 1.54) is 5.56 Å². The Labute approximate surface area is 139 Å². The third kappa shape index (κ3) is 6.59. The van der Waals surface area contributed by atoms with Crippen LogP contribution in [0.3, 0.4) is 0 Å². The fourth-order valence-corrected chi connectivity index (χ4v) is 2.59. The summed E-state index contributed by atoms with van der Waals surface area (Å²) >= 11 is 0. The standard InChI is InChI=1S/C20H28O3/c1-3-5-12-21-13-11-19-15-20(14-18(4-2)23-19)22-16-17-9-7-6-8-10-17/h4,6-11,13,18-20H,2-3,5,12,14-16H2,1H3/b13-11-/t18-,19+,20-/m1/s1. The predicted molar refractivity (Wildman–Crippen MR) is 93.1 cm³/mol. The van der Waals surface area contributed by atoms with E-state index < -0.39 is 0 Å². The van der Waals surface area contributed by atoms with Crippen LogP contribution in [0.4, 0.5) is 0 Å². The van der Waals surface area contributed by atoms with Crippen molar-refractivity contribution in [1.29, 1.82) is 0 Å². The fourth-order valence-electron chi connectivity index (χ4n) is 2.59. The van der Waals surface area contributed by atoms with Crippen LogP contribution in [0.15, 0.2) is 55.3 Å². The molecule has 0 radical (unpaired) electrons. The SMILES string of the molecule is C=C[C@@H]1C[C@@H](OCc2ccccc2)C[C@H](/C=C\OCCCC)O1. The molecule has 1 aromatic carbocycles. The zero-order valence-corrected chi connectivity index (χ0v) is 14.0. The molecule has 0 bridgehead atoms. The summed E-state index contributed by atoms with van der Waals surface area (Å²) in [5.41, 5.74) is 1.20. The molecular formula is C20H28O3. The summed E-state index contributed by atoms with van der Waals surface area (Å²) in [5.74, 6) is 0. The van der Waals surface area contributed by atoms with Gasteiger partial charge in [-0.2, -0.15) is 0 Å². The summed E-state index contributed by atoms with van der Waals surface area (Å²) in [5, 5.41) is 0. The Hall–Kier alpha value is -1.58. The van der Waals surface area contributed by atoms with E-state index in [1.54, 1.807) is 6.26 Å². The molecule has 0 N–H and O–H groups in total. The summed E-state index contributed by atoms with van der Waals surface area (Å²) in [4.78, 5) is 0. The number of hydrogen-bond donors (Lipinski definition) is 0. The van der Waals surface area contributed by atoms with Crippen LogP contribution in [0.2, 0.25) is 0 Å². The molecule has 2 rings (SSSR count). The van der Waals surface area contributed by atoms with Crippen molar-refractivity contribution in [2.75, 3.05) is 6.61 Å². The van der Waals surface area contributed by atoms with Crippen LogP contribution in [-0.4, -0.2) is 24.9 Å². The number of benzene rings is 1. The van der Waals surface area contributed by atoms with Gasteiger partial charge in [0.25, 0.3) is 0 Å². The third-order valence-electron chi connectivity index (χ3n) is 3.94. The van der Waals surface area contributed by atoms with Gasteiger partial charge >= 0.3 is 0 Å². The molecule has 0 aliphatic carbocycles. The number of rotatable bonds is 9. The minimum absolute atomic E-state index is 0.0224. The first-order valence-corrected chi connectivity index (χ1v) is 8.53. The van der Waals surface area contributed by atoms with Gasteiger partial charge in [-0.3, -0.25) is 0 Å². The van der Waals surface area contributed by atoms with Gasteiger partial charge in [0, 0.05) is 12.8 Å². The minimum atomic E-state index is 0.0224. The van der Waals surface area contributed by atoms with Gasteiger partial charge in [0.2, 0.25) is 0 Å². The first-order valence-electron chi connectivity index (χ1n) is 8.53. The maximum absolute atomic E-state index is 6.07.